The maximum atomic E-state index is 12.4. The van der Waals surface area contributed by atoms with E-state index in [4.69, 9.17) is 5.73 Å². The molecule has 0 bridgehead atoms. The molecule has 0 amide bonds. The molecule has 0 saturated carbocycles. The van der Waals surface area contributed by atoms with Crippen molar-refractivity contribution < 1.29 is 4.39 Å². The van der Waals surface area contributed by atoms with E-state index in [0.29, 0.717) is 19.5 Å². The van der Waals surface area contributed by atoms with Crippen molar-refractivity contribution in [2.75, 3.05) is 26.2 Å². The number of hydrogen-bond donors (Lipinski definition) is 1. The molecule has 0 aromatic heterocycles. The van der Waals surface area contributed by atoms with Crippen LogP contribution in [0.25, 0.3) is 0 Å². The van der Waals surface area contributed by atoms with Crippen LogP contribution in [0.1, 0.15) is 6.42 Å². The van der Waals surface area contributed by atoms with Crippen molar-refractivity contribution >= 4 is 12.4 Å². The number of halogens is 2. The van der Waals surface area contributed by atoms with Gasteiger partial charge in [0.15, 0.2) is 0 Å². The van der Waals surface area contributed by atoms with Crippen molar-refractivity contribution in [3.8, 4) is 0 Å². The average Bonchev–Trinajstić information content (AvgIpc) is 2.17. The van der Waals surface area contributed by atoms with Gasteiger partial charge in [0.2, 0.25) is 0 Å². The Hall–Kier alpha value is 0.140. The van der Waals surface area contributed by atoms with E-state index in [1.54, 1.807) is 0 Å². The molecule has 1 aliphatic rings. The van der Waals surface area contributed by atoms with Crippen LogP contribution in [-0.2, 0) is 0 Å². The summed E-state index contributed by atoms with van der Waals surface area (Å²) in [6.07, 6.45) is 0.0940. The molecule has 62 valence electrons. The van der Waals surface area contributed by atoms with Crippen molar-refractivity contribution in [2.45, 2.75) is 12.6 Å². The van der Waals surface area contributed by atoms with Gasteiger partial charge < -0.3 is 5.73 Å². The quantitative estimate of drug-likeness (QED) is 0.648. The highest BCUT2D eigenvalue weighted by Crippen LogP contribution is 2.10. The van der Waals surface area contributed by atoms with Gasteiger partial charge in [0, 0.05) is 26.2 Å². The first-order valence-corrected chi connectivity index (χ1v) is 3.39. The molecule has 1 fully saturated rings. The standard InChI is InChI=1S/C6H13FN2.ClH/c7-6-1-3-9(5-6)4-2-8;/h6H,1-5,8H2;1H/t6-;/m1./s1. The average molecular weight is 169 g/mol. The third-order valence-corrected chi connectivity index (χ3v) is 1.66. The summed E-state index contributed by atoms with van der Waals surface area (Å²) >= 11 is 0. The molecule has 0 unspecified atom stereocenters. The number of rotatable bonds is 2. The number of alkyl halides is 1. The van der Waals surface area contributed by atoms with Gasteiger partial charge in [-0.1, -0.05) is 0 Å². The fourth-order valence-electron chi connectivity index (χ4n) is 1.17. The molecule has 0 aromatic rings. The lowest BCUT2D eigenvalue weighted by molar-refractivity contribution is 0.293. The lowest BCUT2D eigenvalue weighted by Gasteiger charge is -2.11. The predicted octanol–water partition coefficient (Wildman–Crippen LogP) is 0.411. The molecular formula is C6H14ClFN2. The Labute approximate surface area is 67.0 Å². The van der Waals surface area contributed by atoms with Crippen LogP contribution in [-0.4, -0.2) is 37.3 Å². The summed E-state index contributed by atoms with van der Waals surface area (Å²) in [5.41, 5.74) is 5.29. The van der Waals surface area contributed by atoms with E-state index < -0.39 is 6.17 Å². The minimum Gasteiger partial charge on any atom is -0.329 e. The molecule has 1 rings (SSSR count). The zero-order chi connectivity index (χ0) is 6.69. The monoisotopic (exact) mass is 168 g/mol. The molecule has 0 aromatic carbocycles. The Morgan fingerprint density at radius 2 is 2.30 bits per heavy atom. The molecule has 2 nitrogen and oxygen atoms in total. The minimum atomic E-state index is -0.600. The number of nitrogens with zero attached hydrogens (tertiary/aromatic N) is 1. The second-order valence-electron chi connectivity index (χ2n) is 2.48. The third kappa shape index (κ3) is 2.82. The molecular weight excluding hydrogens is 155 g/mol. The zero-order valence-electron chi connectivity index (χ0n) is 5.92. The molecule has 0 aliphatic carbocycles. The van der Waals surface area contributed by atoms with Crippen molar-refractivity contribution in [3.63, 3.8) is 0 Å². The van der Waals surface area contributed by atoms with Crippen LogP contribution < -0.4 is 5.73 Å². The lowest BCUT2D eigenvalue weighted by atomic mass is 10.3. The summed E-state index contributed by atoms with van der Waals surface area (Å²) in [4.78, 5) is 2.06. The van der Waals surface area contributed by atoms with Crippen LogP contribution >= 0.6 is 12.4 Å². The highest BCUT2D eigenvalue weighted by atomic mass is 35.5. The van der Waals surface area contributed by atoms with Gasteiger partial charge in [-0.05, 0) is 6.42 Å². The first kappa shape index (κ1) is 10.1. The molecule has 1 atom stereocenters. The van der Waals surface area contributed by atoms with Crippen LogP contribution in [0.2, 0.25) is 0 Å². The molecule has 0 radical (unpaired) electrons. The summed E-state index contributed by atoms with van der Waals surface area (Å²) in [5, 5.41) is 0. The fourth-order valence-corrected chi connectivity index (χ4v) is 1.17. The number of nitrogens with two attached hydrogens (primary N) is 1. The fraction of sp³-hybridized carbons (Fsp3) is 1.00. The maximum absolute atomic E-state index is 12.4. The van der Waals surface area contributed by atoms with Gasteiger partial charge >= 0.3 is 0 Å². The smallest absolute Gasteiger partial charge is 0.114 e. The summed E-state index contributed by atoms with van der Waals surface area (Å²) < 4.78 is 12.4. The number of hydrogen-bond acceptors (Lipinski definition) is 2. The summed E-state index contributed by atoms with van der Waals surface area (Å²) in [7, 11) is 0. The lowest BCUT2D eigenvalue weighted by Crippen LogP contribution is -2.27. The molecule has 1 saturated heterocycles. The van der Waals surface area contributed by atoms with Gasteiger partial charge in [-0.15, -0.1) is 12.4 Å². The predicted molar refractivity (Wildman–Crippen MR) is 42.3 cm³/mol. The SMILES string of the molecule is Cl.NCCN1CC[C@@H](F)C1. The summed E-state index contributed by atoms with van der Waals surface area (Å²) in [6, 6.07) is 0. The van der Waals surface area contributed by atoms with Gasteiger partial charge in [-0.3, -0.25) is 4.90 Å². The Morgan fingerprint density at radius 1 is 1.60 bits per heavy atom. The third-order valence-electron chi connectivity index (χ3n) is 1.66. The van der Waals surface area contributed by atoms with Crippen molar-refractivity contribution in [3.05, 3.63) is 0 Å². The molecule has 1 aliphatic heterocycles. The molecule has 2 N–H and O–H groups in total. The van der Waals surface area contributed by atoms with E-state index in [1.807, 2.05) is 0 Å². The topological polar surface area (TPSA) is 29.3 Å². The Morgan fingerprint density at radius 3 is 2.70 bits per heavy atom. The van der Waals surface area contributed by atoms with E-state index in [9.17, 15) is 4.39 Å². The largest absolute Gasteiger partial charge is 0.329 e. The first-order valence-electron chi connectivity index (χ1n) is 3.39. The zero-order valence-corrected chi connectivity index (χ0v) is 6.74. The van der Waals surface area contributed by atoms with E-state index in [2.05, 4.69) is 4.90 Å². The van der Waals surface area contributed by atoms with Crippen LogP contribution in [0.3, 0.4) is 0 Å². The van der Waals surface area contributed by atoms with Crippen molar-refractivity contribution in [2.24, 2.45) is 5.73 Å². The van der Waals surface area contributed by atoms with Gasteiger partial charge in [0.1, 0.15) is 6.17 Å². The molecule has 1 heterocycles. The molecule has 10 heavy (non-hydrogen) atoms. The highest BCUT2D eigenvalue weighted by molar-refractivity contribution is 5.85. The number of likely N-dealkylation sites (tertiary alicyclic amines) is 1. The summed E-state index contributed by atoms with van der Waals surface area (Å²) in [5.74, 6) is 0. The van der Waals surface area contributed by atoms with Gasteiger partial charge in [0.25, 0.3) is 0 Å². The Balaban J connectivity index is 0.000000810. The molecule has 0 spiro atoms. The van der Waals surface area contributed by atoms with Crippen molar-refractivity contribution in [1.29, 1.82) is 0 Å². The van der Waals surface area contributed by atoms with Crippen LogP contribution in [0.15, 0.2) is 0 Å². The van der Waals surface area contributed by atoms with Crippen molar-refractivity contribution in [1.82, 2.24) is 4.90 Å². The Kier molecular flexibility index (Phi) is 4.95. The summed E-state index contributed by atoms with van der Waals surface area (Å²) in [6.45, 7) is 2.97. The van der Waals surface area contributed by atoms with Gasteiger partial charge in [-0.25, -0.2) is 4.39 Å². The maximum Gasteiger partial charge on any atom is 0.114 e. The minimum absolute atomic E-state index is 0. The van der Waals surface area contributed by atoms with Crippen LogP contribution in [0.5, 0.6) is 0 Å². The van der Waals surface area contributed by atoms with E-state index >= 15 is 0 Å². The van der Waals surface area contributed by atoms with Crippen LogP contribution in [0.4, 0.5) is 4.39 Å². The van der Waals surface area contributed by atoms with Gasteiger partial charge in [-0.2, -0.15) is 0 Å². The normalized spacial score (nSPS) is 26.4. The Bertz CT molecular complexity index is 89.8. The highest BCUT2D eigenvalue weighted by Gasteiger charge is 2.20. The van der Waals surface area contributed by atoms with E-state index in [1.165, 1.54) is 0 Å². The van der Waals surface area contributed by atoms with E-state index in [0.717, 1.165) is 13.1 Å². The van der Waals surface area contributed by atoms with Crippen LogP contribution in [0, 0.1) is 0 Å². The first-order chi connectivity index (χ1) is 4.33. The molecule has 4 heteroatoms. The second kappa shape index (κ2) is 4.88. The second-order valence-corrected chi connectivity index (χ2v) is 2.48. The van der Waals surface area contributed by atoms with E-state index in [-0.39, 0.29) is 12.4 Å². The van der Waals surface area contributed by atoms with Gasteiger partial charge in [0.05, 0.1) is 0 Å².